The Morgan fingerprint density at radius 3 is 1.08 bits per heavy atom. The Morgan fingerprint density at radius 2 is 0.710 bits per heavy atom. The number of carbonyl (C=O) groups is 1. The zero-order chi connectivity index (χ0) is 67.3. The fraction of sp³-hybridized carbons (Fsp3) is 0.937. The van der Waals surface area contributed by atoms with Crippen LogP contribution in [0.3, 0.4) is 0 Å². The number of unbranched alkanes of at least 4 members (excludes halogenated alkanes) is 51. The molecule has 2 fully saturated rings. The van der Waals surface area contributed by atoms with Crippen molar-refractivity contribution in [1.82, 2.24) is 5.32 Å². The summed E-state index contributed by atoms with van der Waals surface area (Å²) in [5, 5.41) is 87.9. The molecule has 0 radical (unpaired) electrons. The van der Waals surface area contributed by atoms with Crippen LogP contribution in [0.15, 0.2) is 24.3 Å². The lowest BCUT2D eigenvalue weighted by Gasteiger charge is -2.46. The van der Waals surface area contributed by atoms with Crippen LogP contribution < -0.4 is 5.32 Å². The van der Waals surface area contributed by atoms with Crippen LogP contribution >= 0.6 is 0 Å². The largest absolute Gasteiger partial charge is 0.394 e. The van der Waals surface area contributed by atoms with E-state index in [1.807, 2.05) is 0 Å². The van der Waals surface area contributed by atoms with Gasteiger partial charge in [-0.3, -0.25) is 4.79 Å². The Hall–Kier alpha value is -1.53. The highest BCUT2D eigenvalue weighted by Crippen LogP contribution is 2.30. The predicted molar refractivity (Wildman–Crippen MR) is 383 cm³/mol. The molecule has 12 unspecified atom stereocenters. The molecule has 12 atom stereocenters. The number of hydrogen-bond donors (Lipinski definition) is 9. The maximum absolute atomic E-state index is 13.4. The molecule has 0 aromatic heterocycles. The van der Waals surface area contributed by atoms with Crippen molar-refractivity contribution >= 4 is 5.91 Å². The maximum Gasteiger partial charge on any atom is 0.220 e. The lowest BCUT2D eigenvalue weighted by molar-refractivity contribution is -0.359. The molecule has 550 valence electrons. The number of hydrogen-bond acceptors (Lipinski definition) is 13. The second-order valence-corrected chi connectivity index (χ2v) is 28.6. The molecule has 14 heteroatoms. The molecule has 0 aliphatic carbocycles. The SMILES string of the molecule is CCCCCCC/C=C\C/C=C\CCCCCCCCCCCCCCCCCCCC(=O)NC(COC1OC(CO)C(OC2OC(CO)C(O)C(O)C2O)C(O)C1O)C(O)CCCCCCCCCCCCCCCCCCCCCCCCCCCCCCCC. The standard InChI is InChI=1S/C79H151NO13/c1-3-5-7-9-11-13-15-17-19-21-23-25-27-29-31-33-35-36-38-40-42-44-46-48-50-52-54-56-58-60-62-68(83)67(66-90-78-76(89)74(87)77(70(65-82)92-78)93-79-75(88)73(86)72(85)69(64-81)91-79)80-71(84)63-61-59-57-55-53-51-49-47-45-43-41-39-37-34-32-30-28-26-24-22-20-18-16-14-12-10-8-6-4-2/h16,18,22,24,67-70,72-79,81-83,85-89H,3-15,17,19-21,23,25-66H2,1-2H3,(H,80,84)/b18-16-,24-22-. The van der Waals surface area contributed by atoms with Crippen molar-refractivity contribution in [3.05, 3.63) is 24.3 Å². The van der Waals surface area contributed by atoms with Crippen LogP contribution in [0.25, 0.3) is 0 Å². The van der Waals surface area contributed by atoms with E-state index in [1.54, 1.807) is 0 Å². The minimum Gasteiger partial charge on any atom is -0.394 e. The third kappa shape index (κ3) is 47.2. The number of aliphatic hydroxyl groups is 8. The second-order valence-electron chi connectivity index (χ2n) is 28.6. The Labute approximate surface area is 570 Å². The summed E-state index contributed by atoms with van der Waals surface area (Å²) in [6.07, 6.45) is 65.0. The van der Waals surface area contributed by atoms with Crippen molar-refractivity contribution in [2.45, 2.75) is 453 Å². The van der Waals surface area contributed by atoms with Gasteiger partial charge in [-0.05, 0) is 44.9 Å². The molecule has 2 heterocycles. The highest BCUT2D eigenvalue weighted by molar-refractivity contribution is 5.76. The first-order valence-electron chi connectivity index (χ1n) is 40.1. The second kappa shape index (κ2) is 63.9. The van der Waals surface area contributed by atoms with E-state index in [-0.39, 0.29) is 12.5 Å². The molecule has 14 nitrogen and oxygen atoms in total. The maximum atomic E-state index is 13.4. The summed E-state index contributed by atoms with van der Waals surface area (Å²) < 4.78 is 23.0. The molecule has 0 spiro atoms. The molecule has 9 N–H and O–H groups in total. The van der Waals surface area contributed by atoms with Crippen molar-refractivity contribution in [3.63, 3.8) is 0 Å². The van der Waals surface area contributed by atoms with E-state index < -0.39 is 86.8 Å². The molecule has 0 aromatic rings. The van der Waals surface area contributed by atoms with Crippen molar-refractivity contribution in [2.75, 3.05) is 19.8 Å². The number of allylic oxidation sites excluding steroid dienone is 4. The molecule has 2 rings (SSSR count). The lowest BCUT2D eigenvalue weighted by atomic mass is 9.97. The normalized spacial score (nSPS) is 22.6. The van der Waals surface area contributed by atoms with Gasteiger partial charge in [-0.15, -0.1) is 0 Å². The Kier molecular flexibility index (Phi) is 60.1. The van der Waals surface area contributed by atoms with E-state index in [2.05, 4.69) is 43.5 Å². The fourth-order valence-electron chi connectivity index (χ4n) is 13.6. The quantitative estimate of drug-likeness (QED) is 0.0204. The van der Waals surface area contributed by atoms with Crippen molar-refractivity contribution in [2.24, 2.45) is 0 Å². The molecule has 0 aromatic carbocycles. The number of carbonyl (C=O) groups excluding carboxylic acids is 1. The van der Waals surface area contributed by atoms with Gasteiger partial charge in [0.05, 0.1) is 32.0 Å². The van der Waals surface area contributed by atoms with E-state index in [9.17, 15) is 45.6 Å². The highest BCUT2D eigenvalue weighted by atomic mass is 16.7. The van der Waals surface area contributed by atoms with Gasteiger partial charge in [0.15, 0.2) is 12.6 Å². The zero-order valence-electron chi connectivity index (χ0n) is 60.3. The van der Waals surface area contributed by atoms with Crippen LogP contribution in [0, 0.1) is 0 Å². The summed E-state index contributed by atoms with van der Waals surface area (Å²) in [7, 11) is 0. The third-order valence-corrected chi connectivity index (χ3v) is 19.9. The topological polar surface area (TPSA) is 228 Å². The highest BCUT2D eigenvalue weighted by Gasteiger charge is 2.51. The van der Waals surface area contributed by atoms with Crippen molar-refractivity contribution in [1.29, 1.82) is 0 Å². The van der Waals surface area contributed by atoms with Gasteiger partial charge in [-0.2, -0.15) is 0 Å². The van der Waals surface area contributed by atoms with Gasteiger partial charge in [0.2, 0.25) is 5.91 Å². The summed E-state index contributed by atoms with van der Waals surface area (Å²) in [6, 6.07) is -0.829. The summed E-state index contributed by atoms with van der Waals surface area (Å²) >= 11 is 0. The minimum atomic E-state index is -1.78. The smallest absolute Gasteiger partial charge is 0.220 e. The molecule has 0 saturated carbocycles. The average molecular weight is 1320 g/mol. The summed E-state index contributed by atoms with van der Waals surface area (Å²) in [5.41, 5.74) is 0. The summed E-state index contributed by atoms with van der Waals surface area (Å²) in [4.78, 5) is 13.4. The number of aliphatic hydroxyl groups excluding tert-OH is 8. The van der Waals surface area contributed by atoms with Gasteiger partial charge in [0.1, 0.15) is 48.8 Å². The molecule has 93 heavy (non-hydrogen) atoms. The summed E-state index contributed by atoms with van der Waals surface area (Å²) in [6.45, 7) is 2.92. The van der Waals surface area contributed by atoms with Crippen LogP contribution in [0.5, 0.6) is 0 Å². The summed E-state index contributed by atoms with van der Waals surface area (Å²) in [5.74, 6) is -0.198. The van der Waals surface area contributed by atoms with Crippen LogP contribution in [-0.4, -0.2) is 140 Å². The monoisotopic (exact) mass is 1320 g/mol. The average Bonchev–Trinajstić information content (AvgIpc) is 0.854. The Morgan fingerprint density at radius 1 is 0.387 bits per heavy atom. The molecule has 1 amide bonds. The predicted octanol–water partition coefficient (Wildman–Crippen LogP) is 17.9. The molecular weight excluding hydrogens is 1170 g/mol. The van der Waals surface area contributed by atoms with Crippen molar-refractivity contribution in [3.8, 4) is 0 Å². The first-order valence-corrected chi connectivity index (χ1v) is 40.1. The van der Waals surface area contributed by atoms with E-state index in [0.29, 0.717) is 12.8 Å². The molecular formula is C79H151NO13. The molecule has 2 aliphatic heterocycles. The van der Waals surface area contributed by atoms with E-state index in [4.69, 9.17) is 18.9 Å². The van der Waals surface area contributed by atoms with Gasteiger partial charge < -0.3 is 65.1 Å². The van der Waals surface area contributed by atoms with E-state index in [0.717, 1.165) is 57.8 Å². The van der Waals surface area contributed by atoms with Crippen LogP contribution in [-0.2, 0) is 23.7 Å². The molecule has 0 bridgehead atoms. The first-order chi connectivity index (χ1) is 45.6. The fourth-order valence-corrected chi connectivity index (χ4v) is 13.6. The number of ether oxygens (including phenoxy) is 4. The van der Waals surface area contributed by atoms with Crippen molar-refractivity contribution < 1.29 is 64.6 Å². The Bertz CT molecular complexity index is 1650. The van der Waals surface area contributed by atoms with E-state index in [1.165, 1.54) is 295 Å². The zero-order valence-corrected chi connectivity index (χ0v) is 60.3. The van der Waals surface area contributed by atoms with Gasteiger partial charge >= 0.3 is 0 Å². The number of amides is 1. The number of rotatable bonds is 68. The third-order valence-electron chi connectivity index (χ3n) is 19.9. The minimum absolute atomic E-state index is 0.198. The van der Waals surface area contributed by atoms with Crippen LogP contribution in [0.4, 0.5) is 0 Å². The first kappa shape index (κ1) is 87.6. The van der Waals surface area contributed by atoms with Gasteiger partial charge in [-0.1, -0.05) is 353 Å². The van der Waals surface area contributed by atoms with Gasteiger partial charge in [0, 0.05) is 6.42 Å². The lowest BCUT2D eigenvalue weighted by Crippen LogP contribution is -2.65. The van der Waals surface area contributed by atoms with Gasteiger partial charge in [0.25, 0.3) is 0 Å². The van der Waals surface area contributed by atoms with Crippen LogP contribution in [0.1, 0.15) is 380 Å². The van der Waals surface area contributed by atoms with Gasteiger partial charge in [-0.25, -0.2) is 0 Å². The molecule has 2 saturated heterocycles. The van der Waals surface area contributed by atoms with E-state index >= 15 is 0 Å². The number of nitrogens with one attached hydrogen (secondary N) is 1. The van der Waals surface area contributed by atoms with Crippen LogP contribution in [0.2, 0.25) is 0 Å². The Balaban J connectivity index is 1.61. The molecule has 2 aliphatic rings.